The van der Waals surface area contributed by atoms with Gasteiger partial charge in [-0.1, -0.05) is 12.1 Å². The van der Waals surface area contributed by atoms with E-state index in [1.54, 1.807) is 0 Å². The van der Waals surface area contributed by atoms with Crippen molar-refractivity contribution in [3.05, 3.63) is 35.6 Å². The number of hydrogen-bond acceptors (Lipinski definition) is 3. The number of hydrogen-bond donors (Lipinski definition) is 1. The molecule has 5 heteroatoms. The third-order valence-corrected chi connectivity index (χ3v) is 5.40. The fourth-order valence-electron chi connectivity index (χ4n) is 4.43. The fourth-order valence-corrected chi connectivity index (χ4v) is 4.43. The Labute approximate surface area is 129 Å². The van der Waals surface area contributed by atoms with Crippen molar-refractivity contribution >= 4 is 11.7 Å². The summed E-state index contributed by atoms with van der Waals surface area (Å²) in [4.78, 5) is 19.4. The van der Waals surface area contributed by atoms with Crippen LogP contribution in [0.4, 0.5) is 4.39 Å². The number of likely N-dealkylation sites (tertiary alicyclic amines) is 1. The molecule has 3 aliphatic rings. The van der Waals surface area contributed by atoms with E-state index in [9.17, 15) is 9.18 Å². The van der Waals surface area contributed by atoms with E-state index in [-0.39, 0.29) is 11.7 Å². The number of amidine groups is 1. The minimum atomic E-state index is -0.522. The maximum absolute atomic E-state index is 13.0. The van der Waals surface area contributed by atoms with Crippen LogP contribution in [0.5, 0.6) is 0 Å². The molecule has 0 radical (unpaired) electrons. The molecule has 4 nitrogen and oxygen atoms in total. The van der Waals surface area contributed by atoms with Gasteiger partial charge in [-0.05, 0) is 43.4 Å². The molecule has 1 amide bonds. The van der Waals surface area contributed by atoms with Crippen LogP contribution in [-0.4, -0.2) is 35.3 Å². The van der Waals surface area contributed by atoms with Crippen LogP contribution in [0, 0.1) is 17.7 Å². The molecule has 1 spiro atoms. The van der Waals surface area contributed by atoms with Gasteiger partial charge in [-0.3, -0.25) is 14.7 Å². The summed E-state index contributed by atoms with van der Waals surface area (Å²) in [5, 5.41) is 2.88. The van der Waals surface area contributed by atoms with Gasteiger partial charge in [0.1, 0.15) is 17.2 Å². The summed E-state index contributed by atoms with van der Waals surface area (Å²) in [7, 11) is 0. The van der Waals surface area contributed by atoms with Crippen molar-refractivity contribution in [1.29, 1.82) is 0 Å². The Morgan fingerprint density at radius 3 is 2.82 bits per heavy atom. The molecule has 2 fully saturated rings. The Hall–Kier alpha value is -1.75. The summed E-state index contributed by atoms with van der Waals surface area (Å²) in [5.41, 5.74) is 0.595. The average Bonchev–Trinajstić information content (AvgIpc) is 3.10. The Balaban J connectivity index is 1.50. The van der Waals surface area contributed by atoms with Crippen LogP contribution >= 0.6 is 0 Å². The highest BCUT2D eigenvalue weighted by Crippen LogP contribution is 2.48. The van der Waals surface area contributed by atoms with Gasteiger partial charge in [0.2, 0.25) is 0 Å². The molecule has 1 saturated heterocycles. The lowest BCUT2D eigenvalue weighted by molar-refractivity contribution is -0.125. The van der Waals surface area contributed by atoms with E-state index < -0.39 is 5.54 Å². The second kappa shape index (κ2) is 4.88. The summed E-state index contributed by atoms with van der Waals surface area (Å²) in [5.74, 6) is 1.49. The Morgan fingerprint density at radius 1 is 1.36 bits per heavy atom. The van der Waals surface area contributed by atoms with Gasteiger partial charge in [0.15, 0.2) is 0 Å². The standard InChI is InChI=1S/C17H20FN3O/c1-11-19-16(22)17(20-11)7-6-13-9-21(10-15(13)17)8-12-2-4-14(18)5-3-12/h2-5,13,15H,6-10H2,1H3,(H,19,20,22)/t13-,15+,17-/m0/s1. The topological polar surface area (TPSA) is 44.7 Å². The maximum atomic E-state index is 13.0. The molecule has 3 atom stereocenters. The number of carbonyl (C=O) groups excluding carboxylic acids is 1. The first-order valence-electron chi connectivity index (χ1n) is 7.91. The van der Waals surface area contributed by atoms with Gasteiger partial charge in [0.05, 0.1) is 0 Å². The quantitative estimate of drug-likeness (QED) is 0.907. The van der Waals surface area contributed by atoms with E-state index in [4.69, 9.17) is 0 Å². The Kier molecular flexibility index (Phi) is 3.08. The van der Waals surface area contributed by atoms with Crippen LogP contribution in [0.3, 0.4) is 0 Å². The van der Waals surface area contributed by atoms with E-state index >= 15 is 0 Å². The number of rotatable bonds is 2. The number of benzene rings is 1. The van der Waals surface area contributed by atoms with Crippen LogP contribution in [0.15, 0.2) is 29.3 Å². The SMILES string of the molecule is CC1=N[C@]2(CC[C@H]3CN(Cc4ccc(F)cc4)C[C@H]32)C(=O)N1. The predicted octanol–water partition coefficient (Wildman–Crippen LogP) is 1.95. The highest BCUT2D eigenvalue weighted by atomic mass is 19.1. The number of fused-ring (bicyclic) bond motifs is 2. The number of amides is 1. The zero-order valence-corrected chi connectivity index (χ0v) is 12.7. The summed E-state index contributed by atoms with van der Waals surface area (Å²) >= 11 is 0. The van der Waals surface area contributed by atoms with E-state index in [2.05, 4.69) is 15.2 Å². The second-order valence-electron chi connectivity index (χ2n) is 6.80. The predicted molar refractivity (Wildman–Crippen MR) is 81.9 cm³/mol. The molecule has 2 heterocycles. The summed E-state index contributed by atoms with van der Waals surface area (Å²) in [6.45, 7) is 4.58. The van der Waals surface area contributed by atoms with E-state index in [1.165, 1.54) is 12.1 Å². The number of halogens is 1. The highest BCUT2D eigenvalue weighted by Gasteiger charge is 2.58. The Bertz CT molecular complexity index is 642. The lowest BCUT2D eigenvalue weighted by atomic mass is 9.85. The molecule has 0 unspecified atom stereocenters. The Morgan fingerprint density at radius 2 is 2.14 bits per heavy atom. The summed E-state index contributed by atoms with van der Waals surface area (Å²) in [6, 6.07) is 6.69. The van der Waals surface area contributed by atoms with Crippen molar-refractivity contribution in [2.24, 2.45) is 16.8 Å². The van der Waals surface area contributed by atoms with E-state index in [0.717, 1.165) is 43.9 Å². The third-order valence-electron chi connectivity index (χ3n) is 5.40. The average molecular weight is 301 g/mol. The first-order chi connectivity index (χ1) is 10.6. The zero-order valence-electron chi connectivity index (χ0n) is 12.7. The van der Waals surface area contributed by atoms with Gasteiger partial charge in [-0.15, -0.1) is 0 Å². The molecule has 1 aromatic rings. The maximum Gasteiger partial charge on any atom is 0.253 e. The molecule has 1 aliphatic carbocycles. The highest BCUT2D eigenvalue weighted by molar-refractivity contribution is 6.07. The first kappa shape index (κ1) is 13.9. The smallest absolute Gasteiger partial charge is 0.253 e. The molecule has 1 N–H and O–H groups in total. The molecule has 0 bridgehead atoms. The third kappa shape index (κ3) is 2.07. The van der Waals surface area contributed by atoms with Crippen LogP contribution in [0.2, 0.25) is 0 Å². The molecule has 4 rings (SSSR count). The molecular formula is C17H20FN3O. The summed E-state index contributed by atoms with van der Waals surface area (Å²) < 4.78 is 13.0. The van der Waals surface area contributed by atoms with Crippen molar-refractivity contribution in [2.75, 3.05) is 13.1 Å². The summed E-state index contributed by atoms with van der Waals surface area (Å²) in [6.07, 6.45) is 1.94. The normalized spacial score (nSPS) is 34.1. The second-order valence-corrected chi connectivity index (χ2v) is 6.80. The minimum absolute atomic E-state index is 0.0844. The van der Waals surface area contributed by atoms with Crippen molar-refractivity contribution in [3.63, 3.8) is 0 Å². The largest absolute Gasteiger partial charge is 0.313 e. The van der Waals surface area contributed by atoms with Gasteiger partial charge in [-0.25, -0.2) is 4.39 Å². The number of carbonyl (C=O) groups is 1. The lowest BCUT2D eigenvalue weighted by Crippen LogP contribution is -2.44. The number of nitrogens with one attached hydrogen (secondary N) is 1. The van der Waals surface area contributed by atoms with Crippen LogP contribution in [0.1, 0.15) is 25.3 Å². The molecule has 116 valence electrons. The fraction of sp³-hybridized carbons (Fsp3) is 0.529. The van der Waals surface area contributed by atoms with Gasteiger partial charge < -0.3 is 5.32 Å². The van der Waals surface area contributed by atoms with Crippen LogP contribution in [-0.2, 0) is 11.3 Å². The molecular weight excluding hydrogens is 281 g/mol. The monoisotopic (exact) mass is 301 g/mol. The van der Waals surface area contributed by atoms with E-state index in [1.807, 2.05) is 19.1 Å². The molecule has 1 saturated carbocycles. The van der Waals surface area contributed by atoms with Gasteiger partial charge >= 0.3 is 0 Å². The molecule has 0 aromatic heterocycles. The van der Waals surface area contributed by atoms with Gasteiger partial charge in [-0.2, -0.15) is 0 Å². The van der Waals surface area contributed by atoms with Gasteiger partial charge in [0, 0.05) is 25.6 Å². The molecule has 2 aliphatic heterocycles. The van der Waals surface area contributed by atoms with E-state index in [0.29, 0.717) is 11.8 Å². The number of nitrogens with zero attached hydrogens (tertiary/aromatic N) is 2. The van der Waals surface area contributed by atoms with Crippen LogP contribution < -0.4 is 5.32 Å². The number of aliphatic imine (C=N–C) groups is 1. The minimum Gasteiger partial charge on any atom is -0.313 e. The van der Waals surface area contributed by atoms with Crippen molar-refractivity contribution < 1.29 is 9.18 Å². The van der Waals surface area contributed by atoms with Gasteiger partial charge in [0.25, 0.3) is 5.91 Å². The lowest BCUT2D eigenvalue weighted by Gasteiger charge is -2.25. The molecule has 22 heavy (non-hydrogen) atoms. The van der Waals surface area contributed by atoms with Crippen molar-refractivity contribution in [3.8, 4) is 0 Å². The van der Waals surface area contributed by atoms with Crippen molar-refractivity contribution in [2.45, 2.75) is 31.8 Å². The molecule has 1 aromatic carbocycles. The zero-order chi connectivity index (χ0) is 15.3. The van der Waals surface area contributed by atoms with Crippen LogP contribution in [0.25, 0.3) is 0 Å². The first-order valence-corrected chi connectivity index (χ1v) is 7.91. The van der Waals surface area contributed by atoms with Crippen molar-refractivity contribution in [1.82, 2.24) is 10.2 Å².